The number of rotatable bonds is 6. The molecule has 0 fully saturated rings. The Balaban J connectivity index is 3.10. The zero-order valence-electron chi connectivity index (χ0n) is 10.5. The maximum Gasteiger partial charge on any atom is 0.294 e. The van der Waals surface area contributed by atoms with E-state index >= 15 is 0 Å². The van der Waals surface area contributed by atoms with E-state index < -0.39 is 4.92 Å². The number of anilines is 1. The van der Waals surface area contributed by atoms with Crippen LogP contribution in [0.4, 0.5) is 11.4 Å². The Morgan fingerprint density at radius 3 is 2.74 bits per heavy atom. The Bertz CT molecular complexity index is 478. The number of nitrogens with zero attached hydrogens (tertiary/aromatic N) is 2. The van der Waals surface area contributed by atoms with Crippen molar-refractivity contribution < 1.29 is 14.8 Å². The number of hydrazine groups is 1. The Hall–Kier alpha value is -2.19. The molecule has 0 aromatic heterocycles. The van der Waals surface area contributed by atoms with E-state index in [-0.39, 0.29) is 36.0 Å². The molecule has 4 N–H and O–H groups in total. The van der Waals surface area contributed by atoms with E-state index in [1.54, 1.807) is 6.92 Å². The highest BCUT2D eigenvalue weighted by atomic mass is 16.6. The summed E-state index contributed by atoms with van der Waals surface area (Å²) >= 11 is 0. The van der Waals surface area contributed by atoms with E-state index in [9.17, 15) is 14.9 Å². The smallest absolute Gasteiger partial charge is 0.294 e. The molecule has 0 saturated carbocycles. The SMILES string of the molecule is CCN(CCO)C(=O)c1ccc(NN)c([N+](=O)[O-])c1. The summed E-state index contributed by atoms with van der Waals surface area (Å²) in [4.78, 5) is 23.7. The quantitative estimate of drug-likeness (QED) is 0.388. The number of carbonyl (C=O) groups is 1. The van der Waals surface area contributed by atoms with Crippen LogP contribution < -0.4 is 11.3 Å². The van der Waals surface area contributed by atoms with Crippen molar-refractivity contribution in [1.29, 1.82) is 0 Å². The molecule has 0 aliphatic carbocycles. The van der Waals surface area contributed by atoms with Crippen LogP contribution in [0, 0.1) is 10.1 Å². The highest BCUT2D eigenvalue weighted by molar-refractivity contribution is 5.95. The maximum absolute atomic E-state index is 12.1. The largest absolute Gasteiger partial charge is 0.395 e. The van der Waals surface area contributed by atoms with Crippen LogP contribution in [-0.4, -0.2) is 40.5 Å². The van der Waals surface area contributed by atoms with Crippen LogP contribution in [0.3, 0.4) is 0 Å². The molecular weight excluding hydrogens is 252 g/mol. The van der Waals surface area contributed by atoms with Gasteiger partial charge in [-0.1, -0.05) is 0 Å². The van der Waals surface area contributed by atoms with Crippen LogP contribution >= 0.6 is 0 Å². The van der Waals surface area contributed by atoms with Crippen LogP contribution in [0.5, 0.6) is 0 Å². The minimum absolute atomic E-state index is 0.131. The van der Waals surface area contributed by atoms with Crippen molar-refractivity contribution in [2.24, 2.45) is 5.84 Å². The van der Waals surface area contributed by atoms with Crippen molar-refractivity contribution in [3.63, 3.8) is 0 Å². The molecule has 0 heterocycles. The summed E-state index contributed by atoms with van der Waals surface area (Å²) in [6.45, 7) is 2.19. The number of aliphatic hydroxyl groups excluding tert-OH is 1. The van der Waals surface area contributed by atoms with Crippen molar-refractivity contribution in [2.75, 3.05) is 25.1 Å². The van der Waals surface area contributed by atoms with Crippen LogP contribution in [-0.2, 0) is 0 Å². The second-order valence-corrected chi connectivity index (χ2v) is 3.74. The van der Waals surface area contributed by atoms with E-state index in [0.717, 1.165) is 6.07 Å². The van der Waals surface area contributed by atoms with Gasteiger partial charge in [-0.15, -0.1) is 0 Å². The minimum atomic E-state index is -0.617. The molecule has 8 nitrogen and oxygen atoms in total. The molecule has 1 aromatic rings. The van der Waals surface area contributed by atoms with Gasteiger partial charge in [-0.2, -0.15) is 0 Å². The van der Waals surface area contributed by atoms with Crippen molar-refractivity contribution in [3.8, 4) is 0 Å². The number of hydrogen-bond acceptors (Lipinski definition) is 6. The third-order valence-electron chi connectivity index (χ3n) is 2.64. The molecule has 0 radical (unpaired) electrons. The summed E-state index contributed by atoms with van der Waals surface area (Å²) in [5.74, 6) is 4.79. The number of nitrogens with one attached hydrogen (secondary N) is 1. The first-order chi connectivity index (χ1) is 9.04. The van der Waals surface area contributed by atoms with Crippen molar-refractivity contribution in [2.45, 2.75) is 6.92 Å². The highest BCUT2D eigenvalue weighted by Gasteiger charge is 2.19. The lowest BCUT2D eigenvalue weighted by atomic mass is 10.1. The monoisotopic (exact) mass is 268 g/mol. The maximum atomic E-state index is 12.1. The molecule has 8 heteroatoms. The zero-order chi connectivity index (χ0) is 14.4. The summed E-state index contributed by atoms with van der Waals surface area (Å²) in [5, 5.41) is 19.7. The summed E-state index contributed by atoms with van der Waals surface area (Å²) < 4.78 is 0. The van der Waals surface area contributed by atoms with E-state index in [4.69, 9.17) is 10.9 Å². The number of amides is 1. The Labute approximate surface area is 109 Å². The first-order valence-corrected chi connectivity index (χ1v) is 5.70. The van der Waals surface area contributed by atoms with Crippen molar-refractivity contribution >= 4 is 17.3 Å². The predicted molar refractivity (Wildman–Crippen MR) is 69.6 cm³/mol. The fourth-order valence-electron chi connectivity index (χ4n) is 1.64. The lowest BCUT2D eigenvalue weighted by Gasteiger charge is -2.19. The van der Waals surface area contributed by atoms with Gasteiger partial charge in [0.25, 0.3) is 11.6 Å². The molecule has 0 unspecified atom stereocenters. The lowest BCUT2D eigenvalue weighted by molar-refractivity contribution is -0.384. The van der Waals surface area contributed by atoms with Crippen LogP contribution in [0.15, 0.2) is 18.2 Å². The Morgan fingerprint density at radius 1 is 1.58 bits per heavy atom. The third kappa shape index (κ3) is 3.39. The summed E-state index contributed by atoms with van der Waals surface area (Å²) in [7, 11) is 0. The third-order valence-corrected chi connectivity index (χ3v) is 2.64. The molecule has 0 aliphatic heterocycles. The summed E-state index contributed by atoms with van der Waals surface area (Å²) in [6.07, 6.45) is 0. The fourth-order valence-corrected chi connectivity index (χ4v) is 1.64. The van der Waals surface area contributed by atoms with E-state index in [0.29, 0.717) is 6.54 Å². The van der Waals surface area contributed by atoms with Gasteiger partial charge in [-0.3, -0.25) is 20.8 Å². The number of likely N-dealkylation sites (N-methyl/N-ethyl adjacent to an activating group) is 1. The molecule has 104 valence electrons. The molecule has 1 amide bonds. The molecular formula is C11H16N4O4. The Kier molecular flexibility index (Phi) is 5.22. The number of nitrogens with two attached hydrogens (primary N) is 1. The number of hydrogen-bond donors (Lipinski definition) is 3. The van der Waals surface area contributed by atoms with E-state index in [1.165, 1.54) is 17.0 Å². The number of aliphatic hydroxyl groups is 1. The van der Waals surface area contributed by atoms with Gasteiger partial charge in [0.15, 0.2) is 0 Å². The van der Waals surface area contributed by atoms with Gasteiger partial charge in [0, 0.05) is 24.7 Å². The fraction of sp³-hybridized carbons (Fsp3) is 0.364. The molecule has 0 spiro atoms. The standard InChI is InChI=1S/C11H16N4O4/c1-2-14(5-6-16)11(17)8-3-4-9(13-12)10(7-8)15(18)19/h3-4,7,13,16H,2,5-6,12H2,1H3. The Morgan fingerprint density at radius 2 is 2.26 bits per heavy atom. The van der Waals surface area contributed by atoms with E-state index in [1.807, 2.05) is 0 Å². The number of nitro benzene ring substituents is 1. The predicted octanol–water partition coefficient (Wildman–Crippen LogP) is 0.335. The number of carbonyl (C=O) groups excluding carboxylic acids is 1. The van der Waals surface area contributed by atoms with Gasteiger partial charge in [0.05, 0.1) is 11.5 Å². The topological polar surface area (TPSA) is 122 Å². The van der Waals surface area contributed by atoms with E-state index in [2.05, 4.69) is 5.43 Å². The second kappa shape index (κ2) is 6.66. The summed E-state index contributed by atoms with van der Waals surface area (Å²) in [5.41, 5.74) is 2.25. The normalized spacial score (nSPS) is 10.1. The highest BCUT2D eigenvalue weighted by Crippen LogP contribution is 2.25. The van der Waals surface area contributed by atoms with Gasteiger partial charge in [0.1, 0.15) is 5.69 Å². The first kappa shape index (κ1) is 14.9. The molecule has 1 rings (SSSR count). The molecule has 0 saturated heterocycles. The van der Waals surface area contributed by atoms with Crippen LogP contribution in [0.2, 0.25) is 0 Å². The number of nitro groups is 1. The van der Waals surface area contributed by atoms with Gasteiger partial charge in [-0.25, -0.2) is 0 Å². The average Bonchev–Trinajstić information content (AvgIpc) is 2.43. The van der Waals surface area contributed by atoms with Gasteiger partial charge in [-0.05, 0) is 19.1 Å². The number of benzene rings is 1. The van der Waals surface area contributed by atoms with Gasteiger partial charge in [0.2, 0.25) is 0 Å². The lowest BCUT2D eigenvalue weighted by Crippen LogP contribution is -2.33. The van der Waals surface area contributed by atoms with Crippen molar-refractivity contribution in [3.05, 3.63) is 33.9 Å². The van der Waals surface area contributed by atoms with Gasteiger partial charge >= 0.3 is 0 Å². The molecule has 19 heavy (non-hydrogen) atoms. The first-order valence-electron chi connectivity index (χ1n) is 5.70. The molecule has 1 aromatic carbocycles. The van der Waals surface area contributed by atoms with Crippen molar-refractivity contribution in [1.82, 2.24) is 4.90 Å². The van der Waals surface area contributed by atoms with Crippen LogP contribution in [0.25, 0.3) is 0 Å². The zero-order valence-corrected chi connectivity index (χ0v) is 10.5. The summed E-state index contributed by atoms with van der Waals surface area (Å²) in [6, 6.07) is 3.99. The second-order valence-electron chi connectivity index (χ2n) is 3.74. The van der Waals surface area contributed by atoms with Gasteiger partial charge < -0.3 is 15.4 Å². The minimum Gasteiger partial charge on any atom is -0.395 e. The molecule has 0 aliphatic rings. The molecule has 0 atom stereocenters. The average molecular weight is 268 g/mol. The number of nitrogen functional groups attached to an aromatic ring is 1. The van der Waals surface area contributed by atoms with Crippen LogP contribution in [0.1, 0.15) is 17.3 Å². The molecule has 0 bridgehead atoms.